The van der Waals surface area contributed by atoms with Crippen molar-refractivity contribution >= 4 is 22.4 Å². The molecule has 2 aromatic carbocycles. The molecule has 1 N–H and O–H groups in total. The molecule has 1 amide bonds. The van der Waals surface area contributed by atoms with Gasteiger partial charge in [0.25, 0.3) is 0 Å². The van der Waals surface area contributed by atoms with Crippen LogP contribution >= 0.6 is 0 Å². The third-order valence-corrected chi connectivity index (χ3v) is 6.06. The monoisotopic (exact) mass is 435 g/mol. The predicted octanol–water partition coefficient (Wildman–Crippen LogP) is 5.59. The SMILES string of the molecule is COc1ccc(-c2coc3cc(OC)c(/C(C)=C/C(=O)NC4CCCC4)cc23)cc1OC. The summed E-state index contributed by atoms with van der Waals surface area (Å²) < 4.78 is 22.2. The summed E-state index contributed by atoms with van der Waals surface area (Å²) in [6, 6.07) is 9.91. The van der Waals surface area contributed by atoms with Gasteiger partial charge < -0.3 is 23.9 Å². The van der Waals surface area contributed by atoms with E-state index >= 15 is 0 Å². The van der Waals surface area contributed by atoms with Crippen molar-refractivity contribution in [2.75, 3.05) is 21.3 Å². The average molecular weight is 436 g/mol. The minimum atomic E-state index is -0.0659. The fraction of sp³-hybridized carbons (Fsp3) is 0.346. The van der Waals surface area contributed by atoms with E-state index in [2.05, 4.69) is 5.32 Å². The highest BCUT2D eigenvalue weighted by Crippen LogP contribution is 2.39. The number of methoxy groups -OCH3 is 3. The third kappa shape index (κ3) is 4.31. The van der Waals surface area contributed by atoms with Crippen molar-refractivity contribution in [1.29, 1.82) is 0 Å². The van der Waals surface area contributed by atoms with Gasteiger partial charge in [0, 0.05) is 34.7 Å². The van der Waals surface area contributed by atoms with Crippen molar-refractivity contribution in [3.05, 3.63) is 48.2 Å². The molecular formula is C26H29NO5. The number of benzene rings is 2. The van der Waals surface area contributed by atoms with Crippen molar-refractivity contribution < 1.29 is 23.4 Å². The summed E-state index contributed by atoms with van der Waals surface area (Å²) in [5, 5.41) is 4.04. The maximum atomic E-state index is 12.5. The maximum absolute atomic E-state index is 12.5. The van der Waals surface area contributed by atoms with Gasteiger partial charge in [-0.2, -0.15) is 0 Å². The molecule has 0 aliphatic heterocycles. The number of nitrogens with one attached hydrogen (secondary N) is 1. The van der Waals surface area contributed by atoms with Crippen molar-refractivity contribution in [3.63, 3.8) is 0 Å². The highest BCUT2D eigenvalue weighted by Gasteiger charge is 2.18. The summed E-state index contributed by atoms with van der Waals surface area (Å²) in [5.74, 6) is 1.91. The highest BCUT2D eigenvalue weighted by molar-refractivity contribution is 6.00. The van der Waals surface area contributed by atoms with Gasteiger partial charge >= 0.3 is 0 Å². The van der Waals surface area contributed by atoms with Crippen LogP contribution in [0.3, 0.4) is 0 Å². The molecule has 0 spiro atoms. The van der Waals surface area contributed by atoms with Crippen LogP contribution in [-0.4, -0.2) is 33.3 Å². The number of allylic oxidation sites excluding steroid dienone is 1. The normalized spacial score (nSPS) is 14.6. The number of ether oxygens (including phenoxy) is 3. The molecule has 32 heavy (non-hydrogen) atoms. The van der Waals surface area contributed by atoms with Crippen molar-refractivity contribution in [3.8, 4) is 28.4 Å². The lowest BCUT2D eigenvalue weighted by Crippen LogP contribution is -2.31. The summed E-state index contributed by atoms with van der Waals surface area (Å²) in [5.41, 5.74) is 4.26. The first-order chi connectivity index (χ1) is 15.5. The molecule has 0 radical (unpaired) electrons. The Morgan fingerprint density at radius 3 is 2.41 bits per heavy atom. The summed E-state index contributed by atoms with van der Waals surface area (Å²) >= 11 is 0. The van der Waals surface area contributed by atoms with E-state index in [0.29, 0.717) is 22.8 Å². The minimum absolute atomic E-state index is 0.0659. The van der Waals surface area contributed by atoms with Crippen molar-refractivity contribution in [2.24, 2.45) is 0 Å². The van der Waals surface area contributed by atoms with E-state index < -0.39 is 0 Å². The van der Waals surface area contributed by atoms with E-state index in [4.69, 9.17) is 18.6 Å². The zero-order valence-corrected chi connectivity index (χ0v) is 19.0. The first-order valence-corrected chi connectivity index (χ1v) is 10.8. The number of carbonyl (C=O) groups is 1. The van der Waals surface area contributed by atoms with E-state index in [1.807, 2.05) is 37.3 Å². The second-order valence-corrected chi connectivity index (χ2v) is 8.09. The van der Waals surface area contributed by atoms with Gasteiger partial charge in [-0.05, 0) is 49.1 Å². The smallest absolute Gasteiger partial charge is 0.244 e. The molecule has 1 aromatic heterocycles. The lowest BCUT2D eigenvalue weighted by Gasteiger charge is -2.12. The minimum Gasteiger partial charge on any atom is -0.496 e. The van der Waals surface area contributed by atoms with E-state index in [9.17, 15) is 4.79 Å². The molecule has 0 saturated heterocycles. The van der Waals surface area contributed by atoms with E-state index in [1.54, 1.807) is 33.7 Å². The lowest BCUT2D eigenvalue weighted by atomic mass is 9.99. The lowest BCUT2D eigenvalue weighted by molar-refractivity contribution is -0.117. The Labute approximate surface area is 188 Å². The Hall–Kier alpha value is -3.41. The van der Waals surface area contributed by atoms with Crippen LogP contribution in [0.1, 0.15) is 38.2 Å². The van der Waals surface area contributed by atoms with E-state index in [0.717, 1.165) is 40.5 Å². The molecule has 0 unspecified atom stereocenters. The molecule has 1 aliphatic rings. The number of carbonyl (C=O) groups excluding carboxylic acids is 1. The second kappa shape index (κ2) is 9.39. The summed E-state index contributed by atoms with van der Waals surface area (Å²) in [7, 11) is 4.85. The Morgan fingerprint density at radius 1 is 1.00 bits per heavy atom. The van der Waals surface area contributed by atoms with Gasteiger partial charge in [-0.3, -0.25) is 4.79 Å². The van der Waals surface area contributed by atoms with Crippen LogP contribution in [0.4, 0.5) is 0 Å². The van der Waals surface area contributed by atoms with E-state index in [-0.39, 0.29) is 11.9 Å². The summed E-state index contributed by atoms with van der Waals surface area (Å²) in [4.78, 5) is 12.5. The maximum Gasteiger partial charge on any atom is 0.244 e. The molecule has 1 aliphatic carbocycles. The summed E-state index contributed by atoms with van der Waals surface area (Å²) in [6.45, 7) is 1.92. The zero-order valence-electron chi connectivity index (χ0n) is 19.0. The van der Waals surface area contributed by atoms with Crippen LogP contribution in [0.2, 0.25) is 0 Å². The van der Waals surface area contributed by atoms with Crippen LogP contribution in [0.25, 0.3) is 27.7 Å². The van der Waals surface area contributed by atoms with Crippen LogP contribution in [0.5, 0.6) is 17.2 Å². The fourth-order valence-corrected chi connectivity index (χ4v) is 4.35. The van der Waals surface area contributed by atoms with Gasteiger partial charge in [0.2, 0.25) is 5.91 Å². The Kier molecular flexibility index (Phi) is 6.40. The molecule has 168 valence electrons. The van der Waals surface area contributed by atoms with Crippen LogP contribution in [0.15, 0.2) is 47.1 Å². The van der Waals surface area contributed by atoms with Crippen molar-refractivity contribution in [2.45, 2.75) is 38.6 Å². The van der Waals surface area contributed by atoms with Crippen LogP contribution < -0.4 is 19.5 Å². The van der Waals surface area contributed by atoms with Gasteiger partial charge in [-0.15, -0.1) is 0 Å². The second-order valence-electron chi connectivity index (χ2n) is 8.09. The predicted molar refractivity (Wildman–Crippen MR) is 125 cm³/mol. The number of fused-ring (bicyclic) bond motifs is 1. The molecule has 1 saturated carbocycles. The Bertz CT molecular complexity index is 1150. The standard InChI is InChI=1S/C26H29NO5/c1-16(11-26(28)27-18-7-5-6-8-18)19-13-20-21(15-32-24(20)14-23(19)30-3)17-9-10-22(29-2)25(12-17)31-4/h9-15,18H,5-8H2,1-4H3,(H,27,28)/b16-11+. The van der Waals surface area contributed by atoms with Gasteiger partial charge in [-0.25, -0.2) is 0 Å². The number of hydrogen-bond donors (Lipinski definition) is 1. The Morgan fingerprint density at radius 2 is 1.72 bits per heavy atom. The number of amides is 1. The highest BCUT2D eigenvalue weighted by atomic mass is 16.5. The molecule has 6 nitrogen and oxygen atoms in total. The molecule has 4 rings (SSSR count). The molecule has 0 bridgehead atoms. The Balaban J connectivity index is 1.72. The molecule has 1 fully saturated rings. The third-order valence-electron chi connectivity index (χ3n) is 6.06. The molecule has 0 atom stereocenters. The molecule has 3 aromatic rings. The quantitative estimate of drug-likeness (QED) is 0.490. The molecule has 6 heteroatoms. The van der Waals surface area contributed by atoms with Gasteiger partial charge in [0.15, 0.2) is 11.5 Å². The van der Waals surface area contributed by atoms with Crippen LogP contribution in [-0.2, 0) is 4.79 Å². The first kappa shape index (κ1) is 21.8. The van der Waals surface area contributed by atoms with E-state index in [1.165, 1.54) is 12.8 Å². The van der Waals surface area contributed by atoms with Gasteiger partial charge in [-0.1, -0.05) is 18.9 Å². The largest absolute Gasteiger partial charge is 0.496 e. The number of furan rings is 1. The van der Waals surface area contributed by atoms with Gasteiger partial charge in [0.05, 0.1) is 27.6 Å². The first-order valence-electron chi connectivity index (χ1n) is 10.8. The average Bonchev–Trinajstić information content (AvgIpc) is 3.46. The topological polar surface area (TPSA) is 69.9 Å². The van der Waals surface area contributed by atoms with Gasteiger partial charge in [0.1, 0.15) is 11.3 Å². The summed E-state index contributed by atoms with van der Waals surface area (Å²) in [6.07, 6.45) is 7.84. The fourth-order valence-electron chi connectivity index (χ4n) is 4.35. The number of hydrogen-bond acceptors (Lipinski definition) is 5. The zero-order chi connectivity index (χ0) is 22.7. The van der Waals surface area contributed by atoms with Crippen molar-refractivity contribution in [1.82, 2.24) is 5.32 Å². The molecule has 1 heterocycles. The molecular weight excluding hydrogens is 406 g/mol. The van der Waals surface area contributed by atoms with Crippen LogP contribution in [0, 0.1) is 0 Å². The number of rotatable bonds is 7.